The van der Waals surface area contributed by atoms with E-state index in [2.05, 4.69) is 0 Å². The van der Waals surface area contributed by atoms with E-state index in [1.807, 2.05) is 0 Å². The molecule has 84 valence electrons. The molecule has 0 rings (SSSR count). The second-order valence-corrected chi connectivity index (χ2v) is 7.19. The lowest BCUT2D eigenvalue weighted by Gasteiger charge is -2.05. The Kier molecular flexibility index (Phi) is 5.28. The van der Waals surface area contributed by atoms with Crippen molar-refractivity contribution in [2.45, 2.75) is 18.6 Å². The van der Waals surface area contributed by atoms with Crippen LogP contribution in [0.5, 0.6) is 0 Å². The molecule has 7 heteroatoms. The van der Waals surface area contributed by atoms with Crippen molar-refractivity contribution < 1.29 is 22.5 Å². The van der Waals surface area contributed by atoms with Crippen LogP contribution in [-0.4, -0.2) is 46.7 Å². The van der Waals surface area contributed by atoms with Crippen molar-refractivity contribution in [1.29, 1.82) is 0 Å². The topological polar surface area (TPSA) is 88.5 Å². The van der Waals surface area contributed by atoms with Gasteiger partial charge in [-0.2, -0.15) is 0 Å². The molecule has 0 saturated heterocycles. The first kappa shape index (κ1) is 13.6. The van der Waals surface area contributed by atoms with Gasteiger partial charge in [-0.05, 0) is 13.3 Å². The van der Waals surface area contributed by atoms with E-state index in [0.717, 1.165) is 6.26 Å². The van der Waals surface area contributed by atoms with Crippen molar-refractivity contribution in [1.82, 2.24) is 0 Å². The maximum atomic E-state index is 11.2. The molecular formula is C7H14O5S2. The van der Waals surface area contributed by atoms with Crippen LogP contribution in [0.3, 0.4) is 0 Å². The molecule has 14 heavy (non-hydrogen) atoms. The third-order valence-electron chi connectivity index (χ3n) is 1.60. The second-order valence-electron chi connectivity index (χ2n) is 3.05. The van der Waals surface area contributed by atoms with E-state index in [9.17, 15) is 17.4 Å². The maximum Gasteiger partial charge on any atom is 0.318 e. The standard InChI is InChI=1S/C7H14O5S2/c1-6(7(8)9)13(10)4-3-5-14(2,11)12/h6H,3-5H2,1-2H3,(H,8,9). The molecule has 5 nitrogen and oxygen atoms in total. The van der Waals surface area contributed by atoms with Crippen LogP contribution < -0.4 is 0 Å². The molecular weight excluding hydrogens is 228 g/mol. The van der Waals surface area contributed by atoms with Crippen molar-refractivity contribution in [3.63, 3.8) is 0 Å². The van der Waals surface area contributed by atoms with Crippen molar-refractivity contribution in [3.05, 3.63) is 0 Å². The van der Waals surface area contributed by atoms with E-state index in [0.29, 0.717) is 0 Å². The Morgan fingerprint density at radius 1 is 1.50 bits per heavy atom. The second kappa shape index (κ2) is 5.45. The first-order chi connectivity index (χ1) is 6.24. The van der Waals surface area contributed by atoms with Crippen molar-refractivity contribution in [3.8, 4) is 0 Å². The zero-order valence-corrected chi connectivity index (χ0v) is 9.73. The Hall–Kier alpha value is -0.430. The molecule has 0 amide bonds. The molecule has 0 aliphatic rings. The number of aliphatic carboxylic acids is 1. The summed E-state index contributed by atoms with van der Waals surface area (Å²) in [7, 11) is -4.54. The minimum Gasteiger partial charge on any atom is -0.480 e. The highest BCUT2D eigenvalue weighted by molar-refractivity contribution is 7.90. The maximum absolute atomic E-state index is 11.2. The molecule has 0 bridgehead atoms. The summed E-state index contributed by atoms with van der Waals surface area (Å²) in [6.45, 7) is 1.35. The van der Waals surface area contributed by atoms with E-state index >= 15 is 0 Å². The largest absolute Gasteiger partial charge is 0.480 e. The number of carboxylic acid groups (broad SMARTS) is 1. The summed E-state index contributed by atoms with van der Waals surface area (Å²) in [4.78, 5) is 10.4. The van der Waals surface area contributed by atoms with Gasteiger partial charge in [-0.15, -0.1) is 0 Å². The first-order valence-electron chi connectivity index (χ1n) is 4.02. The minimum atomic E-state index is -3.05. The highest BCUT2D eigenvalue weighted by Gasteiger charge is 2.18. The first-order valence-corrected chi connectivity index (χ1v) is 7.46. The Morgan fingerprint density at radius 2 is 2.00 bits per heavy atom. The molecule has 0 radical (unpaired) electrons. The van der Waals surface area contributed by atoms with Gasteiger partial charge in [0.2, 0.25) is 0 Å². The number of hydrogen-bond acceptors (Lipinski definition) is 4. The summed E-state index contributed by atoms with van der Waals surface area (Å²) in [5, 5.41) is 7.56. The number of carboxylic acids is 1. The van der Waals surface area contributed by atoms with Crippen molar-refractivity contribution in [2.75, 3.05) is 17.8 Å². The van der Waals surface area contributed by atoms with Crippen LogP contribution in [0.15, 0.2) is 0 Å². The molecule has 0 fully saturated rings. The third kappa shape index (κ3) is 6.09. The summed E-state index contributed by atoms with van der Waals surface area (Å²) in [5.41, 5.74) is 0. The van der Waals surface area contributed by atoms with Gasteiger partial charge < -0.3 is 5.11 Å². The highest BCUT2D eigenvalue weighted by atomic mass is 32.2. The number of rotatable bonds is 6. The fourth-order valence-electron chi connectivity index (χ4n) is 0.753. The Bertz CT molecular complexity index is 319. The van der Waals surface area contributed by atoms with Gasteiger partial charge in [0.25, 0.3) is 0 Å². The lowest BCUT2D eigenvalue weighted by molar-refractivity contribution is -0.136. The normalized spacial score (nSPS) is 16.1. The third-order valence-corrected chi connectivity index (χ3v) is 4.31. The highest BCUT2D eigenvalue weighted by Crippen LogP contribution is 2.00. The Labute approximate surface area is 85.9 Å². The SMILES string of the molecule is CC(C(=O)O)S(=O)CCCS(C)(=O)=O. The van der Waals surface area contributed by atoms with Crippen LogP contribution in [0.1, 0.15) is 13.3 Å². The van der Waals surface area contributed by atoms with Crippen LogP contribution in [0.2, 0.25) is 0 Å². The number of sulfone groups is 1. The summed E-state index contributed by atoms with van der Waals surface area (Å²) in [6.07, 6.45) is 1.33. The van der Waals surface area contributed by atoms with E-state index in [1.54, 1.807) is 0 Å². The average Bonchev–Trinajstić information content (AvgIpc) is 2.00. The Morgan fingerprint density at radius 3 is 2.36 bits per heavy atom. The predicted molar refractivity (Wildman–Crippen MR) is 54.4 cm³/mol. The zero-order chi connectivity index (χ0) is 11.4. The summed E-state index contributed by atoms with van der Waals surface area (Å²) in [6, 6.07) is 0. The Balaban J connectivity index is 3.93. The molecule has 0 heterocycles. The van der Waals surface area contributed by atoms with Crippen molar-refractivity contribution in [2.24, 2.45) is 0 Å². The van der Waals surface area contributed by atoms with Gasteiger partial charge in [-0.1, -0.05) is 0 Å². The van der Waals surface area contributed by atoms with Crippen LogP contribution in [0.4, 0.5) is 0 Å². The number of carbonyl (C=O) groups is 1. The van der Waals surface area contributed by atoms with Crippen LogP contribution >= 0.6 is 0 Å². The van der Waals surface area contributed by atoms with E-state index in [-0.39, 0.29) is 17.9 Å². The molecule has 1 N–H and O–H groups in total. The van der Waals surface area contributed by atoms with Gasteiger partial charge in [-0.3, -0.25) is 9.00 Å². The number of hydrogen-bond donors (Lipinski definition) is 1. The smallest absolute Gasteiger partial charge is 0.318 e. The lowest BCUT2D eigenvalue weighted by atomic mass is 10.5. The molecule has 2 atom stereocenters. The lowest BCUT2D eigenvalue weighted by Crippen LogP contribution is -2.24. The molecule has 0 spiro atoms. The molecule has 0 aromatic rings. The molecule has 0 aliphatic heterocycles. The molecule has 0 saturated carbocycles. The molecule has 2 unspecified atom stereocenters. The summed E-state index contributed by atoms with van der Waals surface area (Å²) < 4.78 is 32.6. The van der Waals surface area contributed by atoms with Gasteiger partial charge in [0.1, 0.15) is 15.1 Å². The molecule has 0 aromatic heterocycles. The fraction of sp³-hybridized carbons (Fsp3) is 0.857. The zero-order valence-electron chi connectivity index (χ0n) is 8.10. The monoisotopic (exact) mass is 242 g/mol. The van der Waals surface area contributed by atoms with Crippen LogP contribution in [0, 0.1) is 0 Å². The van der Waals surface area contributed by atoms with Crippen LogP contribution in [0.25, 0.3) is 0 Å². The quantitative estimate of drug-likeness (QED) is 0.687. The van der Waals surface area contributed by atoms with Crippen LogP contribution in [-0.2, 0) is 25.4 Å². The van der Waals surface area contributed by atoms with Crippen molar-refractivity contribution >= 4 is 26.6 Å². The van der Waals surface area contributed by atoms with E-state index < -0.39 is 31.9 Å². The fourth-order valence-corrected chi connectivity index (χ4v) is 2.61. The van der Waals surface area contributed by atoms with Gasteiger partial charge >= 0.3 is 5.97 Å². The predicted octanol–water partition coefficient (Wildman–Crippen LogP) is -0.357. The van der Waals surface area contributed by atoms with E-state index in [1.165, 1.54) is 6.92 Å². The van der Waals surface area contributed by atoms with Gasteiger partial charge in [0, 0.05) is 22.8 Å². The summed E-state index contributed by atoms with van der Waals surface area (Å²) in [5.74, 6) is -1.06. The van der Waals surface area contributed by atoms with E-state index in [4.69, 9.17) is 5.11 Å². The molecule has 0 aliphatic carbocycles. The minimum absolute atomic E-state index is 0.0505. The van der Waals surface area contributed by atoms with Gasteiger partial charge in [0.15, 0.2) is 0 Å². The summed E-state index contributed by atoms with van der Waals surface area (Å²) >= 11 is 0. The van der Waals surface area contributed by atoms with Gasteiger partial charge in [0.05, 0.1) is 5.75 Å². The molecule has 0 aromatic carbocycles. The average molecular weight is 242 g/mol. The van der Waals surface area contributed by atoms with Gasteiger partial charge in [-0.25, -0.2) is 8.42 Å².